The van der Waals surface area contributed by atoms with Gasteiger partial charge in [0.25, 0.3) is 0 Å². The summed E-state index contributed by atoms with van der Waals surface area (Å²) in [5, 5.41) is 0. The molecule has 1 fully saturated rings. The van der Waals surface area contributed by atoms with E-state index in [0.29, 0.717) is 13.2 Å². The fourth-order valence-electron chi connectivity index (χ4n) is 1.22. The highest BCUT2D eigenvalue weighted by molar-refractivity contribution is 7.88. The second-order valence-electron chi connectivity index (χ2n) is 3.95. The average molecular weight is 193 g/mol. The Hall–Kier alpha value is -0.130. The van der Waals surface area contributed by atoms with Gasteiger partial charge in [0.1, 0.15) is 0 Å². The molecule has 1 aliphatic rings. The van der Waals surface area contributed by atoms with Crippen molar-refractivity contribution in [1.82, 2.24) is 4.72 Å². The minimum atomic E-state index is -3.11. The molecule has 0 aliphatic carbocycles. The monoisotopic (exact) mass is 193 g/mol. The van der Waals surface area contributed by atoms with Crippen LogP contribution in [0.1, 0.15) is 13.8 Å². The molecule has 12 heavy (non-hydrogen) atoms. The van der Waals surface area contributed by atoms with Crippen molar-refractivity contribution in [2.24, 2.45) is 5.41 Å². The molecule has 0 aromatic heterocycles. The van der Waals surface area contributed by atoms with Gasteiger partial charge in [0.05, 0.1) is 25.5 Å². The minimum absolute atomic E-state index is 0.0903. The summed E-state index contributed by atoms with van der Waals surface area (Å²) in [4.78, 5) is 0. The molecule has 1 atom stereocenters. The first-order valence-electron chi connectivity index (χ1n) is 3.86. The fourth-order valence-corrected chi connectivity index (χ4v) is 2.12. The number of sulfonamides is 1. The summed E-state index contributed by atoms with van der Waals surface area (Å²) in [6.45, 7) is 5.06. The minimum Gasteiger partial charge on any atom is -0.379 e. The quantitative estimate of drug-likeness (QED) is 0.669. The third kappa shape index (κ3) is 2.43. The molecule has 0 aromatic carbocycles. The summed E-state index contributed by atoms with van der Waals surface area (Å²) in [6, 6.07) is -0.0903. The molecule has 1 aliphatic heterocycles. The predicted octanol–water partition coefficient (Wildman–Crippen LogP) is -0.0394. The van der Waals surface area contributed by atoms with Gasteiger partial charge in [0, 0.05) is 5.41 Å². The molecule has 0 amide bonds. The lowest BCUT2D eigenvalue weighted by molar-refractivity contribution is 0.166. The molecule has 1 rings (SSSR count). The Kier molecular flexibility index (Phi) is 2.47. The molecule has 4 nitrogen and oxygen atoms in total. The molecule has 1 N–H and O–H groups in total. The lowest BCUT2D eigenvalue weighted by atomic mass is 9.89. The van der Waals surface area contributed by atoms with Crippen LogP contribution in [0.25, 0.3) is 0 Å². The Bertz CT molecular complexity index is 258. The fraction of sp³-hybridized carbons (Fsp3) is 1.00. The average Bonchev–Trinajstić information content (AvgIpc) is 2.07. The van der Waals surface area contributed by atoms with E-state index in [1.807, 2.05) is 13.8 Å². The van der Waals surface area contributed by atoms with E-state index in [9.17, 15) is 8.42 Å². The van der Waals surface area contributed by atoms with Crippen molar-refractivity contribution in [3.05, 3.63) is 0 Å². The molecule has 0 aromatic rings. The lowest BCUT2D eigenvalue weighted by Gasteiger charge is -2.24. The molecule has 0 bridgehead atoms. The van der Waals surface area contributed by atoms with E-state index in [1.54, 1.807) is 0 Å². The molecular formula is C7H15NO3S. The maximum absolute atomic E-state index is 10.9. The number of nitrogens with one attached hydrogen (secondary N) is 1. The molecule has 0 spiro atoms. The van der Waals surface area contributed by atoms with E-state index < -0.39 is 10.0 Å². The SMILES string of the molecule is CC1(C)COCC1NS(C)(=O)=O. The molecule has 0 radical (unpaired) electrons. The van der Waals surface area contributed by atoms with Gasteiger partial charge in [-0.15, -0.1) is 0 Å². The first-order chi connectivity index (χ1) is 5.31. The Morgan fingerprint density at radius 1 is 1.50 bits per heavy atom. The third-order valence-electron chi connectivity index (χ3n) is 2.06. The van der Waals surface area contributed by atoms with E-state index >= 15 is 0 Å². The van der Waals surface area contributed by atoms with Crippen LogP contribution < -0.4 is 4.72 Å². The van der Waals surface area contributed by atoms with Gasteiger partial charge in [0.2, 0.25) is 10.0 Å². The van der Waals surface area contributed by atoms with E-state index in [4.69, 9.17) is 4.74 Å². The normalized spacial score (nSPS) is 29.1. The Balaban J connectivity index is 2.65. The van der Waals surface area contributed by atoms with Gasteiger partial charge in [-0.2, -0.15) is 0 Å². The Labute approximate surface area is 73.3 Å². The van der Waals surface area contributed by atoms with E-state index in [0.717, 1.165) is 0 Å². The smallest absolute Gasteiger partial charge is 0.209 e. The van der Waals surface area contributed by atoms with Crippen molar-refractivity contribution in [3.63, 3.8) is 0 Å². The van der Waals surface area contributed by atoms with Crippen LogP contribution in [0.3, 0.4) is 0 Å². The maximum atomic E-state index is 10.9. The number of ether oxygens (including phenoxy) is 1. The summed E-state index contributed by atoms with van der Waals surface area (Å²) < 4.78 is 29.6. The zero-order chi connectivity index (χ0) is 9.41. The van der Waals surface area contributed by atoms with Crippen LogP contribution in [0.5, 0.6) is 0 Å². The van der Waals surface area contributed by atoms with Crippen molar-refractivity contribution in [3.8, 4) is 0 Å². The third-order valence-corrected chi connectivity index (χ3v) is 2.77. The molecule has 72 valence electrons. The van der Waals surface area contributed by atoms with Gasteiger partial charge in [-0.05, 0) is 0 Å². The van der Waals surface area contributed by atoms with Crippen LogP contribution >= 0.6 is 0 Å². The second-order valence-corrected chi connectivity index (χ2v) is 5.73. The summed E-state index contributed by atoms with van der Waals surface area (Å²) in [5.74, 6) is 0. The molecule has 5 heteroatoms. The second kappa shape index (κ2) is 2.97. The van der Waals surface area contributed by atoms with Crippen LogP contribution in [-0.4, -0.2) is 33.9 Å². The lowest BCUT2D eigenvalue weighted by Crippen LogP contribution is -2.43. The first kappa shape index (κ1) is 9.95. The van der Waals surface area contributed by atoms with Crippen LogP contribution in [0.2, 0.25) is 0 Å². The van der Waals surface area contributed by atoms with Crippen LogP contribution in [0, 0.1) is 5.41 Å². The zero-order valence-corrected chi connectivity index (χ0v) is 8.44. The first-order valence-corrected chi connectivity index (χ1v) is 5.75. The van der Waals surface area contributed by atoms with E-state index in [2.05, 4.69) is 4.72 Å². The highest BCUT2D eigenvalue weighted by atomic mass is 32.2. The number of hydrogen-bond acceptors (Lipinski definition) is 3. The molecule has 1 unspecified atom stereocenters. The Morgan fingerprint density at radius 2 is 2.08 bits per heavy atom. The van der Waals surface area contributed by atoms with Crippen molar-refractivity contribution >= 4 is 10.0 Å². The van der Waals surface area contributed by atoms with Gasteiger partial charge in [0.15, 0.2) is 0 Å². The van der Waals surface area contributed by atoms with Gasteiger partial charge in [-0.1, -0.05) is 13.8 Å². The van der Waals surface area contributed by atoms with Crippen molar-refractivity contribution in [1.29, 1.82) is 0 Å². The van der Waals surface area contributed by atoms with Crippen molar-refractivity contribution in [2.45, 2.75) is 19.9 Å². The van der Waals surface area contributed by atoms with Crippen LogP contribution in [-0.2, 0) is 14.8 Å². The topological polar surface area (TPSA) is 55.4 Å². The number of rotatable bonds is 2. The molecular weight excluding hydrogens is 178 g/mol. The standard InChI is InChI=1S/C7H15NO3S/c1-7(2)5-11-4-6(7)8-12(3,9)10/h6,8H,4-5H2,1-3H3. The highest BCUT2D eigenvalue weighted by Gasteiger charge is 2.37. The van der Waals surface area contributed by atoms with Crippen molar-refractivity contribution in [2.75, 3.05) is 19.5 Å². The van der Waals surface area contributed by atoms with Gasteiger partial charge in [-0.3, -0.25) is 0 Å². The summed E-state index contributed by atoms with van der Waals surface area (Å²) in [5.41, 5.74) is -0.0942. The largest absolute Gasteiger partial charge is 0.379 e. The van der Waals surface area contributed by atoms with E-state index in [1.165, 1.54) is 6.26 Å². The summed E-state index contributed by atoms with van der Waals surface area (Å²) in [6.07, 6.45) is 1.17. The van der Waals surface area contributed by atoms with Crippen LogP contribution in [0.4, 0.5) is 0 Å². The molecule has 0 saturated carbocycles. The summed E-state index contributed by atoms with van der Waals surface area (Å²) in [7, 11) is -3.11. The van der Waals surface area contributed by atoms with E-state index in [-0.39, 0.29) is 11.5 Å². The molecule has 1 heterocycles. The van der Waals surface area contributed by atoms with Gasteiger partial charge < -0.3 is 4.74 Å². The predicted molar refractivity (Wildman–Crippen MR) is 46.4 cm³/mol. The van der Waals surface area contributed by atoms with Gasteiger partial charge >= 0.3 is 0 Å². The number of hydrogen-bond donors (Lipinski definition) is 1. The van der Waals surface area contributed by atoms with Gasteiger partial charge in [-0.25, -0.2) is 13.1 Å². The van der Waals surface area contributed by atoms with Crippen LogP contribution in [0.15, 0.2) is 0 Å². The molecule has 1 saturated heterocycles. The Morgan fingerprint density at radius 3 is 2.42 bits per heavy atom. The highest BCUT2D eigenvalue weighted by Crippen LogP contribution is 2.27. The summed E-state index contributed by atoms with van der Waals surface area (Å²) >= 11 is 0. The van der Waals surface area contributed by atoms with Crippen molar-refractivity contribution < 1.29 is 13.2 Å². The maximum Gasteiger partial charge on any atom is 0.209 e. The zero-order valence-electron chi connectivity index (χ0n) is 7.62.